The first kappa shape index (κ1) is 23.8. The third-order valence-electron chi connectivity index (χ3n) is 6.81. The normalized spacial score (nSPS) is 19.8. The van der Waals surface area contributed by atoms with Crippen LogP contribution in [0.1, 0.15) is 26.2 Å². The number of rotatable bonds is 7. The summed E-state index contributed by atoms with van der Waals surface area (Å²) in [6.07, 6.45) is 7.83. The average molecular weight is 489 g/mol. The zero-order valence-electron chi connectivity index (χ0n) is 20.8. The number of aromatic nitrogens is 6. The lowest BCUT2D eigenvalue weighted by molar-refractivity contribution is -0.144. The Bertz CT molecular complexity index is 1340. The molecule has 4 aromatic heterocycles. The van der Waals surface area contributed by atoms with Crippen LogP contribution in [0.5, 0.6) is 5.88 Å². The monoisotopic (exact) mass is 488 g/mol. The van der Waals surface area contributed by atoms with Gasteiger partial charge in [-0.25, -0.2) is 4.98 Å². The summed E-state index contributed by atoms with van der Waals surface area (Å²) in [5.41, 5.74) is 3.93. The molecule has 10 nitrogen and oxygen atoms in total. The molecule has 1 fully saturated rings. The highest BCUT2D eigenvalue weighted by atomic mass is 16.5. The van der Waals surface area contributed by atoms with E-state index in [1.54, 1.807) is 19.4 Å². The highest BCUT2D eigenvalue weighted by Gasteiger charge is 2.35. The Labute approximate surface area is 209 Å². The van der Waals surface area contributed by atoms with E-state index < -0.39 is 0 Å². The van der Waals surface area contributed by atoms with Gasteiger partial charge in [0.25, 0.3) is 0 Å². The summed E-state index contributed by atoms with van der Waals surface area (Å²) in [5, 5.41) is 0. The van der Waals surface area contributed by atoms with Crippen LogP contribution in [0.25, 0.3) is 33.8 Å². The summed E-state index contributed by atoms with van der Waals surface area (Å²) in [6, 6.07) is 7.59. The Hall–Kier alpha value is -3.92. The van der Waals surface area contributed by atoms with Crippen LogP contribution >= 0.6 is 0 Å². The fraction of sp³-hybridized carbons (Fsp3) is 0.385. The van der Waals surface area contributed by atoms with Crippen LogP contribution in [-0.2, 0) is 9.53 Å². The van der Waals surface area contributed by atoms with E-state index in [4.69, 9.17) is 9.47 Å². The molecular weight excluding hydrogens is 458 g/mol. The second-order valence-electron chi connectivity index (χ2n) is 9.31. The van der Waals surface area contributed by atoms with Gasteiger partial charge in [-0.3, -0.25) is 14.3 Å². The number of aromatic amines is 1. The molecule has 0 unspecified atom stereocenters. The van der Waals surface area contributed by atoms with Crippen molar-refractivity contribution in [3.63, 3.8) is 0 Å². The molecule has 0 saturated carbocycles. The summed E-state index contributed by atoms with van der Waals surface area (Å²) >= 11 is 0. The number of carbonyl (C=O) groups is 1. The molecule has 1 saturated heterocycles. The van der Waals surface area contributed by atoms with E-state index in [1.807, 2.05) is 37.5 Å². The number of quaternary nitrogens is 1. The molecule has 5 heterocycles. The molecule has 0 radical (unpaired) electrons. The SMILES string of the molecule is CCOC(=O)CC1CC[N+](C)(c2ncc(-c3ccc(-c4nc5nc(OC)ccc5[nH]4)cn3)cn2)CC1. The minimum Gasteiger partial charge on any atom is -0.481 e. The number of nitrogens with zero attached hydrogens (tertiary/aromatic N) is 6. The summed E-state index contributed by atoms with van der Waals surface area (Å²) in [6.45, 7) is 4.07. The highest BCUT2D eigenvalue weighted by molar-refractivity contribution is 5.76. The number of likely N-dealkylation sites (tertiary alicyclic amines) is 1. The molecule has 0 aromatic carbocycles. The van der Waals surface area contributed by atoms with Gasteiger partial charge >= 0.3 is 11.9 Å². The van der Waals surface area contributed by atoms with Gasteiger partial charge in [-0.05, 0) is 31.0 Å². The minimum atomic E-state index is -0.102. The fourth-order valence-corrected chi connectivity index (χ4v) is 4.61. The maximum atomic E-state index is 11.8. The molecule has 1 aliphatic rings. The number of nitrogens with one attached hydrogen (secondary N) is 1. The van der Waals surface area contributed by atoms with Crippen LogP contribution in [0.15, 0.2) is 42.9 Å². The summed E-state index contributed by atoms with van der Waals surface area (Å²) < 4.78 is 10.9. The van der Waals surface area contributed by atoms with E-state index in [-0.39, 0.29) is 5.97 Å². The topological polar surface area (TPSA) is 116 Å². The number of esters is 1. The molecule has 0 spiro atoms. The van der Waals surface area contributed by atoms with Gasteiger partial charge in [0.2, 0.25) is 5.88 Å². The van der Waals surface area contributed by atoms with E-state index in [0.29, 0.717) is 40.8 Å². The number of fused-ring (bicyclic) bond motifs is 1. The van der Waals surface area contributed by atoms with Crippen molar-refractivity contribution < 1.29 is 14.3 Å². The highest BCUT2D eigenvalue weighted by Crippen LogP contribution is 2.29. The Kier molecular flexibility index (Phi) is 6.60. The first-order valence-electron chi connectivity index (χ1n) is 12.2. The van der Waals surface area contributed by atoms with Gasteiger partial charge in [0, 0.05) is 55.0 Å². The Morgan fingerprint density at radius 1 is 1.03 bits per heavy atom. The maximum Gasteiger partial charge on any atom is 0.328 e. The number of methoxy groups -OCH3 is 1. The first-order chi connectivity index (χ1) is 17.5. The number of hydrogen-bond donors (Lipinski definition) is 1. The molecule has 1 aliphatic heterocycles. The van der Waals surface area contributed by atoms with Gasteiger partial charge in [0.05, 0.1) is 45.1 Å². The van der Waals surface area contributed by atoms with E-state index in [0.717, 1.165) is 54.2 Å². The van der Waals surface area contributed by atoms with Crippen molar-refractivity contribution in [1.29, 1.82) is 0 Å². The number of H-pyrrole nitrogens is 1. The fourth-order valence-electron chi connectivity index (χ4n) is 4.61. The van der Waals surface area contributed by atoms with Crippen molar-refractivity contribution in [2.75, 3.05) is 33.9 Å². The molecule has 1 N–H and O–H groups in total. The minimum absolute atomic E-state index is 0.102. The van der Waals surface area contributed by atoms with Crippen LogP contribution in [0, 0.1) is 5.92 Å². The molecular formula is C26H30N7O3+. The van der Waals surface area contributed by atoms with E-state index in [2.05, 4.69) is 37.0 Å². The van der Waals surface area contributed by atoms with Crippen LogP contribution in [-0.4, -0.2) is 69.7 Å². The zero-order valence-corrected chi connectivity index (χ0v) is 20.8. The van der Waals surface area contributed by atoms with Crippen LogP contribution < -0.4 is 9.22 Å². The molecule has 4 aromatic rings. The van der Waals surface area contributed by atoms with Gasteiger partial charge in [-0.1, -0.05) is 0 Å². The van der Waals surface area contributed by atoms with Crippen LogP contribution in [0.3, 0.4) is 0 Å². The summed E-state index contributed by atoms with van der Waals surface area (Å²) in [5.74, 6) is 2.27. The first-order valence-corrected chi connectivity index (χ1v) is 12.2. The molecule has 186 valence electrons. The quantitative estimate of drug-likeness (QED) is 0.309. The Morgan fingerprint density at radius 3 is 2.44 bits per heavy atom. The third kappa shape index (κ3) is 4.90. The Morgan fingerprint density at radius 2 is 1.78 bits per heavy atom. The molecule has 0 bridgehead atoms. The molecule has 0 amide bonds. The average Bonchev–Trinajstić information content (AvgIpc) is 3.34. The van der Waals surface area contributed by atoms with Crippen molar-refractivity contribution in [3.05, 3.63) is 42.9 Å². The molecule has 0 atom stereocenters. The van der Waals surface area contributed by atoms with E-state index >= 15 is 0 Å². The summed E-state index contributed by atoms with van der Waals surface area (Å²) in [4.78, 5) is 38.0. The van der Waals surface area contributed by atoms with Gasteiger partial charge < -0.3 is 14.5 Å². The number of imidazole rings is 1. The molecule has 5 rings (SSSR count). The van der Waals surface area contributed by atoms with Gasteiger partial charge in [0.1, 0.15) is 5.82 Å². The lowest BCUT2D eigenvalue weighted by atomic mass is 9.92. The number of piperidine rings is 1. The summed E-state index contributed by atoms with van der Waals surface area (Å²) in [7, 11) is 3.74. The van der Waals surface area contributed by atoms with Crippen molar-refractivity contribution in [2.24, 2.45) is 5.92 Å². The largest absolute Gasteiger partial charge is 0.481 e. The second kappa shape index (κ2) is 9.98. The maximum absolute atomic E-state index is 11.8. The molecule has 0 aliphatic carbocycles. The van der Waals surface area contributed by atoms with Crippen LogP contribution in [0.4, 0.5) is 5.95 Å². The number of hydrogen-bond acceptors (Lipinski definition) is 8. The predicted octanol–water partition coefficient (Wildman–Crippen LogP) is 3.79. The van der Waals surface area contributed by atoms with Gasteiger partial charge in [-0.2, -0.15) is 15.0 Å². The predicted molar refractivity (Wildman–Crippen MR) is 136 cm³/mol. The van der Waals surface area contributed by atoms with Crippen molar-refractivity contribution in [3.8, 4) is 28.5 Å². The van der Waals surface area contributed by atoms with E-state index in [1.165, 1.54) is 0 Å². The zero-order chi connectivity index (χ0) is 25.1. The number of ether oxygens (including phenoxy) is 2. The van der Waals surface area contributed by atoms with Gasteiger partial charge in [-0.15, -0.1) is 0 Å². The molecule has 10 heteroatoms. The lowest BCUT2D eigenvalue weighted by Gasteiger charge is -2.37. The van der Waals surface area contributed by atoms with Crippen molar-refractivity contribution >= 4 is 23.1 Å². The van der Waals surface area contributed by atoms with E-state index in [9.17, 15) is 4.79 Å². The van der Waals surface area contributed by atoms with Crippen molar-refractivity contribution in [2.45, 2.75) is 26.2 Å². The smallest absolute Gasteiger partial charge is 0.328 e. The number of carbonyl (C=O) groups excluding carboxylic acids is 1. The number of pyridine rings is 2. The molecule has 36 heavy (non-hydrogen) atoms. The Balaban J connectivity index is 1.26. The van der Waals surface area contributed by atoms with Crippen molar-refractivity contribution in [1.82, 2.24) is 34.4 Å². The second-order valence-corrected chi connectivity index (χ2v) is 9.31. The third-order valence-corrected chi connectivity index (χ3v) is 6.81. The van der Waals surface area contributed by atoms with Gasteiger partial charge in [0.15, 0.2) is 5.65 Å². The lowest BCUT2D eigenvalue weighted by Crippen LogP contribution is -2.52. The van der Waals surface area contributed by atoms with Crippen LogP contribution in [0.2, 0.25) is 0 Å². The standard InChI is InChI=1S/C26H30N7O3/c1-4-36-23(34)13-17-9-11-33(2,12-10-17)26-28-15-19(16-29-26)20-6-5-18(14-27-20)24-30-21-7-8-22(35-3)31-25(21)32-24/h5-8,14-17H,4,9-13H2,1-3H3,(H,30,31,32)/q+1.